The lowest BCUT2D eigenvalue weighted by Crippen LogP contribution is -2.61. The van der Waals surface area contributed by atoms with Gasteiger partial charge in [0.1, 0.15) is 24.4 Å². The van der Waals surface area contributed by atoms with Crippen LogP contribution < -0.4 is 5.32 Å². The van der Waals surface area contributed by atoms with E-state index in [1.807, 2.05) is 6.08 Å². The summed E-state index contributed by atoms with van der Waals surface area (Å²) in [5, 5.41) is 56.6. The summed E-state index contributed by atoms with van der Waals surface area (Å²) in [5.41, 5.74) is 0. The number of amides is 1. The summed E-state index contributed by atoms with van der Waals surface area (Å²) >= 11 is 0. The van der Waals surface area contributed by atoms with Gasteiger partial charge in [-0.1, -0.05) is 196 Å². The van der Waals surface area contributed by atoms with Crippen LogP contribution in [0.1, 0.15) is 220 Å². The van der Waals surface area contributed by atoms with Gasteiger partial charge in [-0.25, -0.2) is 0 Å². The zero-order valence-corrected chi connectivity index (χ0v) is 43.7. The summed E-state index contributed by atoms with van der Waals surface area (Å²) in [7, 11) is 0. The number of aliphatic hydroxyl groups is 5. The second-order valence-corrected chi connectivity index (χ2v) is 19.0. The monoisotopic (exact) mass is 972 g/mol. The molecule has 0 saturated carbocycles. The molecule has 1 saturated heterocycles. The first-order chi connectivity index (χ1) is 33.7. The molecule has 8 unspecified atom stereocenters. The predicted molar refractivity (Wildman–Crippen MR) is 283 cm³/mol. The number of hydrogen-bond donors (Lipinski definition) is 6. The van der Waals surface area contributed by atoms with Crippen molar-refractivity contribution in [3.8, 4) is 0 Å². The zero-order chi connectivity index (χ0) is 50.4. The van der Waals surface area contributed by atoms with Gasteiger partial charge < -0.3 is 45.1 Å². The molecule has 0 aliphatic carbocycles. The van der Waals surface area contributed by atoms with Crippen molar-refractivity contribution in [3.63, 3.8) is 0 Å². The van der Waals surface area contributed by atoms with Crippen molar-refractivity contribution in [1.82, 2.24) is 5.32 Å². The first kappa shape index (κ1) is 64.1. The van der Waals surface area contributed by atoms with E-state index < -0.39 is 67.4 Å². The predicted octanol–water partition coefficient (Wildman–Crippen LogP) is 12.1. The van der Waals surface area contributed by atoms with Crippen LogP contribution in [0.3, 0.4) is 0 Å². The van der Waals surface area contributed by atoms with Gasteiger partial charge in [0.2, 0.25) is 5.91 Å². The summed E-state index contributed by atoms with van der Waals surface area (Å²) < 4.78 is 17.5. The van der Waals surface area contributed by atoms with Crippen LogP contribution in [0.15, 0.2) is 72.9 Å². The number of ether oxygens (including phenoxy) is 3. The van der Waals surface area contributed by atoms with Gasteiger partial charge in [-0.05, 0) is 89.9 Å². The standard InChI is InChI=1S/C58H101NO10/c1-4-7-10-13-16-19-22-23-24-25-26-27-28-31-33-36-39-42-45-51(62)57(66)59-49(50(61)44-41-38-35-32-29-20-17-14-11-8-5-2)48-67-58-56(55(65)54(64)52(47-60)68-58)69-53(63)46-43-40-37-34-30-21-18-15-12-9-6-3/h15-16,18-19,23-24,26-27,31,33,41,44,49-52,54-56,58,60-62,64-65H,4-14,17,20-22,25,28-30,32,34-40,42-43,45-48H2,1-3H3,(H,59,66)/b18-15-,19-16-,24-23-,27-26-,33-31-,44-41+. The van der Waals surface area contributed by atoms with E-state index in [-0.39, 0.29) is 19.4 Å². The molecule has 1 amide bonds. The van der Waals surface area contributed by atoms with Gasteiger partial charge in [0, 0.05) is 6.42 Å². The molecule has 1 fully saturated rings. The molecule has 0 aromatic carbocycles. The highest BCUT2D eigenvalue weighted by atomic mass is 16.7. The van der Waals surface area contributed by atoms with E-state index in [1.54, 1.807) is 6.08 Å². The number of carbonyl (C=O) groups excluding carboxylic acids is 2. The molecule has 398 valence electrons. The van der Waals surface area contributed by atoms with Crippen LogP contribution in [0.5, 0.6) is 0 Å². The molecule has 1 rings (SSSR count). The molecule has 11 heteroatoms. The molecule has 69 heavy (non-hydrogen) atoms. The molecule has 0 radical (unpaired) electrons. The summed E-state index contributed by atoms with van der Waals surface area (Å²) in [5.74, 6) is -1.24. The van der Waals surface area contributed by atoms with E-state index in [4.69, 9.17) is 14.2 Å². The van der Waals surface area contributed by atoms with Crippen molar-refractivity contribution in [2.45, 2.75) is 269 Å². The van der Waals surface area contributed by atoms with Crippen LogP contribution in [0, 0.1) is 0 Å². The summed E-state index contributed by atoms with van der Waals surface area (Å²) in [6.45, 7) is 5.65. The number of carbonyl (C=O) groups is 2. The Morgan fingerprint density at radius 1 is 0.565 bits per heavy atom. The average Bonchev–Trinajstić information content (AvgIpc) is 3.34. The van der Waals surface area contributed by atoms with Gasteiger partial charge in [-0.3, -0.25) is 9.59 Å². The largest absolute Gasteiger partial charge is 0.454 e. The highest BCUT2D eigenvalue weighted by Gasteiger charge is 2.47. The number of allylic oxidation sites excluding steroid dienone is 11. The van der Waals surface area contributed by atoms with Crippen molar-refractivity contribution in [3.05, 3.63) is 72.9 Å². The van der Waals surface area contributed by atoms with Crippen LogP contribution in [-0.2, 0) is 23.8 Å². The summed E-state index contributed by atoms with van der Waals surface area (Å²) in [4.78, 5) is 26.4. The first-order valence-electron chi connectivity index (χ1n) is 27.7. The molecule has 6 N–H and O–H groups in total. The molecule has 0 spiro atoms. The van der Waals surface area contributed by atoms with Crippen LogP contribution in [0.25, 0.3) is 0 Å². The Balaban J connectivity index is 2.77. The maximum absolute atomic E-state index is 13.3. The molecule has 1 aliphatic heterocycles. The van der Waals surface area contributed by atoms with E-state index in [0.717, 1.165) is 103 Å². The number of esters is 1. The minimum Gasteiger partial charge on any atom is -0.454 e. The summed E-state index contributed by atoms with van der Waals surface area (Å²) in [6, 6.07) is -1.04. The zero-order valence-electron chi connectivity index (χ0n) is 43.7. The number of rotatable bonds is 45. The first-order valence-corrected chi connectivity index (χ1v) is 27.7. The van der Waals surface area contributed by atoms with E-state index >= 15 is 0 Å². The van der Waals surface area contributed by atoms with Gasteiger partial charge >= 0.3 is 5.97 Å². The minimum atomic E-state index is -1.62. The van der Waals surface area contributed by atoms with Crippen LogP contribution in [0.2, 0.25) is 0 Å². The maximum Gasteiger partial charge on any atom is 0.306 e. The Labute approximate surface area is 420 Å². The topological polar surface area (TPSA) is 175 Å². The van der Waals surface area contributed by atoms with Crippen LogP contribution in [0.4, 0.5) is 0 Å². The van der Waals surface area contributed by atoms with Gasteiger partial charge in [0.25, 0.3) is 0 Å². The van der Waals surface area contributed by atoms with E-state index in [2.05, 4.69) is 86.8 Å². The Morgan fingerprint density at radius 2 is 1.01 bits per heavy atom. The highest BCUT2D eigenvalue weighted by molar-refractivity contribution is 5.80. The second-order valence-electron chi connectivity index (χ2n) is 19.0. The molecule has 1 heterocycles. The Hall–Kier alpha value is -2.90. The normalized spacial score (nSPS) is 20.4. The third-order valence-corrected chi connectivity index (χ3v) is 12.6. The van der Waals surface area contributed by atoms with Crippen molar-refractivity contribution >= 4 is 11.9 Å². The Kier molecular flexibility index (Phi) is 42.9. The van der Waals surface area contributed by atoms with Gasteiger partial charge in [-0.2, -0.15) is 0 Å². The highest BCUT2D eigenvalue weighted by Crippen LogP contribution is 2.26. The molecular formula is C58H101NO10. The Morgan fingerprint density at radius 3 is 1.58 bits per heavy atom. The summed E-state index contributed by atoms with van der Waals surface area (Å²) in [6.07, 6.45) is 46.7. The van der Waals surface area contributed by atoms with Crippen molar-refractivity contribution in [1.29, 1.82) is 0 Å². The molecule has 0 bridgehead atoms. The lowest BCUT2D eigenvalue weighted by molar-refractivity contribution is -0.305. The average molecular weight is 972 g/mol. The molecule has 0 aromatic rings. The lowest BCUT2D eigenvalue weighted by atomic mass is 9.99. The molecule has 8 atom stereocenters. The van der Waals surface area contributed by atoms with Crippen LogP contribution >= 0.6 is 0 Å². The van der Waals surface area contributed by atoms with E-state index in [9.17, 15) is 35.1 Å². The fourth-order valence-electron chi connectivity index (χ4n) is 8.08. The van der Waals surface area contributed by atoms with E-state index in [1.165, 1.54) is 70.6 Å². The fraction of sp³-hybridized carbons (Fsp3) is 0.759. The third-order valence-electron chi connectivity index (χ3n) is 12.6. The number of unbranched alkanes of at least 4 members (excludes halogenated alkanes) is 21. The number of hydrogen-bond acceptors (Lipinski definition) is 10. The molecule has 0 aromatic heterocycles. The number of nitrogens with one attached hydrogen (secondary N) is 1. The molecular weight excluding hydrogens is 871 g/mol. The van der Waals surface area contributed by atoms with Gasteiger partial charge in [0.15, 0.2) is 12.4 Å². The smallest absolute Gasteiger partial charge is 0.306 e. The second kappa shape index (κ2) is 46.2. The number of aliphatic hydroxyl groups excluding tert-OH is 5. The Bertz CT molecular complexity index is 1390. The van der Waals surface area contributed by atoms with Crippen molar-refractivity contribution in [2.24, 2.45) is 0 Å². The van der Waals surface area contributed by atoms with Gasteiger partial charge in [-0.15, -0.1) is 0 Å². The SMILES string of the molecule is CCCC/C=C\CCCCCCCC(=O)OC1C(OCC(NC(=O)C(O)CCCC/C=C\C/C=C\C/C=C\C/C=C\CCCCC)C(O)/C=C/CCCCCCCCCCC)OC(CO)C(O)C1O. The van der Waals surface area contributed by atoms with Crippen molar-refractivity contribution < 1.29 is 49.3 Å². The fourth-order valence-corrected chi connectivity index (χ4v) is 8.08. The van der Waals surface area contributed by atoms with E-state index in [0.29, 0.717) is 12.8 Å². The third kappa shape index (κ3) is 35.0. The van der Waals surface area contributed by atoms with Crippen LogP contribution in [-0.4, -0.2) is 99.6 Å². The quantitative estimate of drug-likeness (QED) is 0.0196. The van der Waals surface area contributed by atoms with Crippen molar-refractivity contribution in [2.75, 3.05) is 13.2 Å². The molecule has 11 nitrogen and oxygen atoms in total. The minimum absolute atomic E-state index is 0.106. The maximum atomic E-state index is 13.3. The van der Waals surface area contributed by atoms with Gasteiger partial charge in [0.05, 0.1) is 25.4 Å². The lowest BCUT2D eigenvalue weighted by Gasteiger charge is -2.41. The molecule has 1 aliphatic rings.